The van der Waals surface area contributed by atoms with Crippen LogP contribution in [-0.4, -0.2) is 86.1 Å². The first-order valence-electron chi connectivity index (χ1n) is 10.7. The van der Waals surface area contributed by atoms with Crippen molar-refractivity contribution in [1.29, 1.82) is 0 Å². The highest BCUT2D eigenvalue weighted by molar-refractivity contribution is 5.94. The molecule has 2 heterocycles. The van der Waals surface area contributed by atoms with Crippen LogP contribution in [0.3, 0.4) is 0 Å². The van der Waals surface area contributed by atoms with Gasteiger partial charge in [-0.15, -0.1) is 0 Å². The van der Waals surface area contributed by atoms with Gasteiger partial charge >= 0.3 is 5.97 Å². The van der Waals surface area contributed by atoms with E-state index in [-0.39, 0.29) is 12.3 Å². The summed E-state index contributed by atoms with van der Waals surface area (Å²) in [7, 11) is 0. The van der Waals surface area contributed by atoms with E-state index >= 15 is 0 Å². The molecular weight excluding hydrogens is 420 g/mol. The Balaban J connectivity index is 2.05. The van der Waals surface area contributed by atoms with Crippen molar-refractivity contribution < 1.29 is 29.4 Å². The number of aliphatic carboxylic acids is 1. The standard InChI is InChI=1S/C20H32N6O6/c1-3-11(2)16(19(30)26-6-4-5-15(26)20(31)32)25-18(29)14(9-27)24-17(28)13(21)7-12-8-22-10-23-12/h8,10-11,13-16,27H,3-7,9,21H2,1-2H3,(H,22,23)(H,24,28)(H,25,29)(H,31,32). The number of carbonyl (C=O) groups is 4. The number of hydrogen-bond acceptors (Lipinski definition) is 7. The first kappa shape index (κ1) is 25.3. The molecule has 2 rings (SSSR count). The lowest BCUT2D eigenvalue weighted by molar-refractivity contribution is -0.150. The molecule has 7 N–H and O–H groups in total. The number of nitrogens with two attached hydrogens (primary N) is 1. The monoisotopic (exact) mass is 452 g/mol. The minimum absolute atomic E-state index is 0.158. The summed E-state index contributed by atoms with van der Waals surface area (Å²) in [4.78, 5) is 57.7. The zero-order chi connectivity index (χ0) is 23.8. The van der Waals surface area contributed by atoms with Gasteiger partial charge in [0.05, 0.1) is 19.0 Å². The van der Waals surface area contributed by atoms with E-state index in [0.29, 0.717) is 31.5 Å². The first-order valence-corrected chi connectivity index (χ1v) is 10.7. The maximum absolute atomic E-state index is 13.1. The van der Waals surface area contributed by atoms with E-state index in [9.17, 15) is 29.4 Å². The molecule has 1 fully saturated rings. The van der Waals surface area contributed by atoms with Crippen LogP contribution < -0.4 is 16.4 Å². The van der Waals surface area contributed by atoms with Gasteiger partial charge in [-0.1, -0.05) is 20.3 Å². The van der Waals surface area contributed by atoms with Crippen LogP contribution in [0.25, 0.3) is 0 Å². The predicted molar refractivity (Wildman–Crippen MR) is 113 cm³/mol. The molecule has 3 amide bonds. The number of carboxylic acids is 1. The number of imidazole rings is 1. The lowest BCUT2D eigenvalue weighted by Crippen LogP contribution is -2.59. The fourth-order valence-electron chi connectivity index (χ4n) is 3.60. The van der Waals surface area contributed by atoms with E-state index in [2.05, 4.69) is 20.6 Å². The lowest BCUT2D eigenvalue weighted by Gasteiger charge is -2.31. The maximum Gasteiger partial charge on any atom is 0.326 e. The summed E-state index contributed by atoms with van der Waals surface area (Å²) in [6, 6.07) is -4.22. The summed E-state index contributed by atoms with van der Waals surface area (Å²) in [5.41, 5.74) is 6.51. The maximum atomic E-state index is 13.1. The highest BCUT2D eigenvalue weighted by atomic mass is 16.4. The Labute approximate surface area is 185 Å². The van der Waals surface area contributed by atoms with Crippen LogP contribution in [0.4, 0.5) is 0 Å². The van der Waals surface area contributed by atoms with Gasteiger partial charge in [-0.25, -0.2) is 9.78 Å². The molecule has 0 bridgehead atoms. The van der Waals surface area contributed by atoms with E-state index in [4.69, 9.17) is 5.73 Å². The van der Waals surface area contributed by atoms with Crippen LogP contribution in [0, 0.1) is 5.92 Å². The zero-order valence-corrected chi connectivity index (χ0v) is 18.3. The predicted octanol–water partition coefficient (Wildman–Crippen LogP) is -1.64. The van der Waals surface area contributed by atoms with Gasteiger partial charge in [-0.3, -0.25) is 14.4 Å². The second-order valence-corrected chi connectivity index (χ2v) is 8.03. The Morgan fingerprint density at radius 1 is 1.31 bits per heavy atom. The van der Waals surface area contributed by atoms with Crippen molar-refractivity contribution in [2.24, 2.45) is 11.7 Å². The smallest absolute Gasteiger partial charge is 0.326 e. The number of hydrogen-bond donors (Lipinski definition) is 6. The summed E-state index contributed by atoms with van der Waals surface area (Å²) < 4.78 is 0. The quantitative estimate of drug-likeness (QED) is 0.230. The molecule has 0 aliphatic carbocycles. The number of likely N-dealkylation sites (tertiary alicyclic amines) is 1. The third-order valence-electron chi connectivity index (χ3n) is 5.74. The minimum Gasteiger partial charge on any atom is -0.480 e. The van der Waals surface area contributed by atoms with Gasteiger partial charge in [0.1, 0.15) is 18.1 Å². The SMILES string of the molecule is CCC(C)C(NC(=O)C(CO)NC(=O)C(N)Cc1cnc[nH]1)C(=O)N1CCCC1C(=O)O. The largest absolute Gasteiger partial charge is 0.480 e. The Bertz CT molecular complexity index is 801. The normalized spacial score (nSPS) is 19.6. The first-order chi connectivity index (χ1) is 15.2. The molecule has 5 unspecified atom stereocenters. The second kappa shape index (κ2) is 11.6. The van der Waals surface area contributed by atoms with Crippen molar-refractivity contribution in [2.45, 2.75) is 63.7 Å². The highest BCUT2D eigenvalue weighted by Crippen LogP contribution is 2.21. The number of nitrogens with one attached hydrogen (secondary N) is 3. The third kappa shape index (κ3) is 6.26. The number of aliphatic hydroxyl groups excluding tert-OH is 1. The number of aliphatic hydroxyl groups is 1. The van der Waals surface area contributed by atoms with E-state index in [1.807, 2.05) is 6.92 Å². The van der Waals surface area contributed by atoms with E-state index < -0.39 is 54.5 Å². The summed E-state index contributed by atoms with van der Waals surface area (Å²) in [5, 5.41) is 24.0. The topological polar surface area (TPSA) is 191 Å². The fraction of sp³-hybridized carbons (Fsp3) is 0.650. The van der Waals surface area contributed by atoms with Gasteiger partial charge in [-0.2, -0.15) is 0 Å². The van der Waals surface area contributed by atoms with Gasteiger partial charge in [0.15, 0.2) is 0 Å². The molecule has 5 atom stereocenters. The molecule has 0 radical (unpaired) electrons. The molecule has 32 heavy (non-hydrogen) atoms. The molecule has 0 saturated carbocycles. The number of H-pyrrole nitrogens is 1. The molecular formula is C20H32N6O6. The molecule has 0 aromatic carbocycles. The van der Waals surface area contributed by atoms with Crippen LogP contribution in [-0.2, 0) is 25.6 Å². The number of amides is 3. The van der Waals surface area contributed by atoms with Gasteiger partial charge < -0.3 is 36.5 Å². The third-order valence-corrected chi connectivity index (χ3v) is 5.74. The number of carbonyl (C=O) groups excluding carboxylic acids is 3. The van der Waals surface area contributed by atoms with Crippen LogP contribution in [0.1, 0.15) is 38.8 Å². The molecule has 1 aromatic heterocycles. The summed E-state index contributed by atoms with van der Waals surface area (Å²) in [6.07, 6.45) is 4.59. The van der Waals surface area contributed by atoms with Gasteiger partial charge in [0.25, 0.3) is 0 Å². The summed E-state index contributed by atoms with van der Waals surface area (Å²) >= 11 is 0. The Morgan fingerprint density at radius 3 is 2.59 bits per heavy atom. The van der Waals surface area contributed by atoms with Gasteiger partial charge in [-0.05, 0) is 18.8 Å². The highest BCUT2D eigenvalue weighted by Gasteiger charge is 2.39. The Hall–Kier alpha value is -2.99. The van der Waals surface area contributed by atoms with Crippen molar-refractivity contribution in [1.82, 2.24) is 25.5 Å². The number of aromatic amines is 1. The molecule has 1 aromatic rings. The molecule has 12 heteroatoms. The summed E-state index contributed by atoms with van der Waals surface area (Å²) in [6.45, 7) is 3.20. The number of nitrogens with zero attached hydrogens (tertiary/aromatic N) is 2. The van der Waals surface area contributed by atoms with Gasteiger partial charge in [0.2, 0.25) is 17.7 Å². The summed E-state index contributed by atoms with van der Waals surface area (Å²) in [5.74, 6) is -3.27. The van der Waals surface area contributed by atoms with Crippen LogP contribution >= 0.6 is 0 Å². The average molecular weight is 453 g/mol. The average Bonchev–Trinajstić information content (AvgIpc) is 3.46. The number of aromatic nitrogens is 2. The van der Waals surface area contributed by atoms with E-state index in [1.54, 1.807) is 6.92 Å². The fourth-order valence-corrected chi connectivity index (χ4v) is 3.60. The number of carboxylic acid groups (broad SMARTS) is 1. The van der Waals surface area contributed by atoms with Crippen molar-refractivity contribution >= 4 is 23.7 Å². The molecule has 0 spiro atoms. The van der Waals surface area contributed by atoms with E-state index in [0.717, 1.165) is 0 Å². The Morgan fingerprint density at radius 2 is 2.03 bits per heavy atom. The number of rotatable bonds is 11. The Kier molecular flexibility index (Phi) is 9.14. The van der Waals surface area contributed by atoms with Crippen LogP contribution in [0.15, 0.2) is 12.5 Å². The van der Waals surface area contributed by atoms with Crippen molar-refractivity contribution in [3.05, 3.63) is 18.2 Å². The molecule has 1 aliphatic rings. The van der Waals surface area contributed by atoms with Crippen molar-refractivity contribution in [2.75, 3.05) is 13.2 Å². The lowest BCUT2D eigenvalue weighted by atomic mass is 9.97. The molecule has 1 saturated heterocycles. The van der Waals surface area contributed by atoms with Gasteiger partial charge in [0, 0.05) is 24.9 Å². The van der Waals surface area contributed by atoms with Crippen molar-refractivity contribution in [3.63, 3.8) is 0 Å². The van der Waals surface area contributed by atoms with Crippen LogP contribution in [0.2, 0.25) is 0 Å². The molecule has 12 nitrogen and oxygen atoms in total. The second-order valence-electron chi connectivity index (χ2n) is 8.03. The van der Waals surface area contributed by atoms with E-state index in [1.165, 1.54) is 17.4 Å². The zero-order valence-electron chi connectivity index (χ0n) is 18.3. The molecule has 1 aliphatic heterocycles. The van der Waals surface area contributed by atoms with Crippen LogP contribution in [0.5, 0.6) is 0 Å². The van der Waals surface area contributed by atoms with Crippen molar-refractivity contribution in [3.8, 4) is 0 Å². The molecule has 178 valence electrons. The minimum atomic E-state index is -1.32.